The fourth-order valence-corrected chi connectivity index (χ4v) is 10.3. The van der Waals surface area contributed by atoms with E-state index in [1.807, 2.05) is 0 Å². The van der Waals surface area contributed by atoms with E-state index in [0.717, 1.165) is 17.1 Å². The zero-order valence-electron chi connectivity index (χ0n) is 39.8. The number of nitrogens with zero attached hydrogens (tertiary/aromatic N) is 2. The molecule has 0 aliphatic carbocycles. The molecule has 0 fully saturated rings. The predicted octanol–water partition coefficient (Wildman–Crippen LogP) is 18.4. The first-order valence-electron chi connectivity index (χ1n) is 23.6. The molecule has 0 saturated heterocycles. The highest BCUT2D eigenvalue weighted by atomic mass is 15.1. The molecule has 0 N–H and O–H groups in total. The Balaban J connectivity index is 1.21. The lowest BCUT2D eigenvalue weighted by molar-refractivity contribution is 0.589. The van der Waals surface area contributed by atoms with E-state index in [-0.39, 0.29) is 16.2 Å². The highest BCUT2D eigenvalue weighted by molar-refractivity contribution is 6.27. The van der Waals surface area contributed by atoms with Crippen LogP contribution in [0.3, 0.4) is 0 Å². The van der Waals surface area contributed by atoms with Crippen LogP contribution < -0.4 is 4.90 Å². The van der Waals surface area contributed by atoms with Gasteiger partial charge in [0.15, 0.2) is 0 Å². The topological polar surface area (TPSA) is 8.17 Å². The minimum atomic E-state index is -0.0615. The van der Waals surface area contributed by atoms with E-state index in [0.29, 0.717) is 0 Å². The summed E-state index contributed by atoms with van der Waals surface area (Å²) >= 11 is 0. The van der Waals surface area contributed by atoms with Crippen LogP contribution in [0.2, 0.25) is 0 Å². The summed E-state index contributed by atoms with van der Waals surface area (Å²) in [6.07, 6.45) is 0. The Hall–Kier alpha value is -7.16. The Morgan fingerprint density at radius 3 is 1.50 bits per heavy atom. The molecule has 0 spiro atoms. The van der Waals surface area contributed by atoms with Crippen molar-refractivity contribution in [1.29, 1.82) is 0 Å². The molecule has 2 heteroatoms. The number of anilines is 3. The van der Waals surface area contributed by atoms with Gasteiger partial charge in [0, 0.05) is 32.8 Å². The number of benzene rings is 10. The summed E-state index contributed by atoms with van der Waals surface area (Å²) in [7, 11) is 0. The van der Waals surface area contributed by atoms with Gasteiger partial charge in [-0.1, -0.05) is 196 Å². The second-order valence-electron chi connectivity index (χ2n) is 21.5. The van der Waals surface area contributed by atoms with Crippen LogP contribution in [0.15, 0.2) is 188 Å². The molecule has 1 heterocycles. The normalized spacial score (nSPS) is 12.6. The average Bonchev–Trinajstić information content (AvgIpc) is 3.65. The van der Waals surface area contributed by atoms with Crippen LogP contribution in [0.1, 0.15) is 79.0 Å². The fourth-order valence-electron chi connectivity index (χ4n) is 10.3. The van der Waals surface area contributed by atoms with Crippen molar-refractivity contribution in [2.24, 2.45) is 0 Å². The van der Waals surface area contributed by atoms with E-state index in [1.165, 1.54) is 98.8 Å². The molecule has 0 bridgehead atoms. The summed E-state index contributed by atoms with van der Waals surface area (Å²) in [5.41, 5.74) is 15.8. The molecule has 10 aromatic carbocycles. The monoisotopic (exact) mass is 854 g/mol. The lowest BCUT2D eigenvalue weighted by Gasteiger charge is -2.32. The standard InChI is InChI=1S/C64H58N2/c1-62(2,3)46-27-30-49(31-28-46)65(59-36-29-47(63(4,5)6)40-54(59)45-37-44(41-17-11-10-12-18-41)38-48(39-45)64(7,8)9)57-34-25-42-24-33-53-58(35-26-43-23-32-52(57)60(42)61(43)53)66-55-21-15-13-19-50(55)51-20-14-16-22-56(51)66/h10-40H,1-9H3. The zero-order chi connectivity index (χ0) is 45.7. The van der Waals surface area contributed by atoms with Gasteiger partial charge >= 0.3 is 0 Å². The van der Waals surface area contributed by atoms with Crippen LogP contribution in [0.25, 0.3) is 82.1 Å². The Labute approximate surface area is 390 Å². The van der Waals surface area contributed by atoms with Crippen molar-refractivity contribution >= 4 is 71.2 Å². The van der Waals surface area contributed by atoms with E-state index < -0.39 is 0 Å². The number of hydrogen-bond donors (Lipinski definition) is 0. The van der Waals surface area contributed by atoms with Crippen molar-refractivity contribution in [2.75, 3.05) is 4.90 Å². The van der Waals surface area contributed by atoms with Gasteiger partial charge in [0.05, 0.1) is 28.1 Å². The summed E-state index contributed by atoms with van der Waals surface area (Å²) in [5, 5.41) is 10.1. The Bertz CT molecular complexity index is 3570. The third-order valence-electron chi connectivity index (χ3n) is 14.0. The minimum absolute atomic E-state index is 0.0190. The molecular formula is C64H58N2. The average molecular weight is 855 g/mol. The molecule has 0 atom stereocenters. The maximum atomic E-state index is 2.54. The maximum Gasteiger partial charge on any atom is 0.0541 e. The summed E-state index contributed by atoms with van der Waals surface area (Å²) in [5.74, 6) is 0. The number of para-hydroxylation sites is 2. The summed E-state index contributed by atoms with van der Waals surface area (Å²) in [4.78, 5) is 2.54. The van der Waals surface area contributed by atoms with Gasteiger partial charge in [-0.3, -0.25) is 0 Å². The summed E-state index contributed by atoms with van der Waals surface area (Å²) in [6, 6.07) is 71.0. The zero-order valence-corrected chi connectivity index (χ0v) is 39.8. The molecule has 0 radical (unpaired) electrons. The highest BCUT2D eigenvalue weighted by Gasteiger charge is 2.27. The van der Waals surface area contributed by atoms with E-state index in [4.69, 9.17) is 0 Å². The van der Waals surface area contributed by atoms with Crippen molar-refractivity contribution in [2.45, 2.75) is 78.6 Å². The Kier molecular flexibility index (Phi) is 9.57. The minimum Gasteiger partial charge on any atom is -0.309 e. The van der Waals surface area contributed by atoms with E-state index in [2.05, 4.69) is 260 Å². The molecule has 11 aromatic rings. The van der Waals surface area contributed by atoms with Gasteiger partial charge in [-0.15, -0.1) is 0 Å². The van der Waals surface area contributed by atoms with Gasteiger partial charge in [-0.2, -0.15) is 0 Å². The van der Waals surface area contributed by atoms with E-state index >= 15 is 0 Å². The second kappa shape index (κ2) is 15.2. The molecule has 0 aliphatic heterocycles. The number of hydrogen-bond acceptors (Lipinski definition) is 1. The van der Waals surface area contributed by atoms with Crippen LogP contribution in [-0.4, -0.2) is 4.57 Å². The SMILES string of the molecule is CC(C)(C)c1ccc(N(c2ccc(C(C)(C)C)cc2-c2cc(-c3ccccc3)cc(C(C)(C)C)c2)c2ccc3ccc4c(-n5c6ccccc6c6ccccc65)ccc5ccc2c3c54)cc1. The molecule has 0 saturated carbocycles. The molecule has 66 heavy (non-hydrogen) atoms. The fraction of sp³-hybridized carbons (Fsp3) is 0.188. The molecule has 11 rings (SSSR count). The van der Waals surface area contributed by atoms with Crippen molar-refractivity contribution in [3.63, 3.8) is 0 Å². The molecule has 0 unspecified atom stereocenters. The Morgan fingerprint density at radius 2 is 0.864 bits per heavy atom. The Morgan fingerprint density at radius 1 is 0.348 bits per heavy atom. The van der Waals surface area contributed by atoms with Crippen LogP contribution in [0, 0.1) is 0 Å². The van der Waals surface area contributed by atoms with Crippen molar-refractivity contribution in [1.82, 2.24) is 4.57 Å². The van der Waals surface area contributed by atoms with Gasteiger partial charge in [-0.05, 0) is 126 Å². The van der Waals surface area contributed by atoms with Crippen molar-refractivity contribution in [3.8, 4) is 27.9 Å². The van der Waals surface area contributed by atoms with E-state index in [9.17, 15) is 0 Å². The van der Waals surface area contributed by atoms with Crippen molar-refractivity contribution in [3.05, 3.63) is 205 Å². The molecular weight excluding hydrogens is 797 g/mol. The van der Waals surface area contributed by atoms with Gasteiger partial charge < -0.3 is 9.47 Å². The molecule has 0 aliphatic rings. The van der Waals surface area contributed by atoms with Gasteiger partial charge in [0.25, 0.3) is 0 Å². The first kappa shape index (κ1) is 41.5. The summed E-state index contributed by atoms with van der Waals surface area (Å²) < 4.78 is 2.47. The number of rotatable bonds is 6. The van der Waals surface area contributed by atoms with Gasteiger partial charge in [-0.25, -0.2) is 0 Å². The smallest absolute Gasteiger partial charge is 0.0541 e. The van der Waals surface area contributed by atoms with E-state index in [1.54, 1.807) is 0 Å². The van der Waals surface area contributed by atoms with Crippen LogP contribution in [0.4, 0.5) is 17.1 Å². The molecule has 0 amide bonds. The molecule has 2 nitrogen and oxygen atoms in total. The van der Waals surface area contributed by atoms with Crippen LogP contribution in [-0.2, 0) is 16.2 Å². The quantitative estimate of drug-likeness (QED) is 0.151. The first-order valence-corrected chi connectivity index (χ1v) is 23.6. The lowest BCUT2D eigenvalue weighted by Crippen LogP contribution is -2.16. The summed E-state index contributed by atoms with van der Waals surface area (Å²) in [6.45, 7) is 20.8. The largest absolute Gasteiger partial charge is 0.309 e. The third-order valence-corrected chi connectivity index (χ3v) is 14.0. The van der Waals surface area contributed by atoms with Crippen LogP contribution >= 0.6 is 0 Å². The van der Waals surface area contributed by atoms with Gasteiger partial charge in [0.2, 0.25) is 0 Å². The number of aromatic nitrogens is 1. The first-order chi connectivity index (χ1) is 31.6. The third kappa shape index (κ3) is 6.94. The van der Waals surface area contributed by atoms with Crippen molar-refractivity contribution < 1.29 is 0 Å². The molecule has 324 valence electrons. The van der Waals surface area contributed by atoms with Crippen LogP contribution in [0.5, 0.6) is 0 Å². The lowest BCUT2D eigenvalue weighted by atomic mass is 9.81. The van der Waals surface area contributed by atoms with Gasteiger partial charge in [0.1, 0.15) is 0 Å². The maximum absolute atomic E-state index is 2.54. The molecule has 1 aromatic heterocycles. The predicted molar refractivity (Wildman–Crippen MR) is 286 cm³/mol. The second-order valence-corrected chi connectivity index (χ2v) is 21.5. The highest BCUT2D eigenvalue weighted by Crippen LogP contribution is 2.49. The number of fused-ring (bicyclic) bond motifs is 3.